The summed E-state index contributed by atoms with van der Waals surface area (Å²) in [4.78, 5) is 32.0. The van der Waals surface area contributed by atoms with Gasteiger partial charge >= 0.3 is 0 Å². The Morgan fingerprint density at radius 2 is 1.97 bits per heavy atom. The zero-order valence-corrected chi connectivity index (χ0v) is 19.6. The predicted molar refractivity (Wildman–Crippen MR) is 124 cm³/mol. The molecule has 3 aromatic rings. The molecule has 2 amide bonds. The number of fused-ring (bicyclic) bond motifs is 1. The normalized spacial score (nSPS) is 18.8. The second-order valence-electron chi connectivity index (χ2n) is 8.89. The van der Waals surface area contributed by atoms with E-state index in [4.69, 9.17) is 4.74 Å². The second kappa shape index (κ2) is 9.37. The number of hydrogen-bond acceptors (Lipinski definition) is 6. The Morgan fingerprint density at radius 3 is 2.70 bits per heavy atom. The van der Waals surface area contributed by atoms with Crippen LogP contribution in [-0.4, -0.2) is 65.3 Å². The zero-order valence-electron chi connectivity index (χ0n) is 19.6. The van der Waals surface area contributed by atoms with Crippen LogP contribution in [0.3, 0.4) is 0 Å². The van der Waals surface area contributed by atoms with Crippen molar-refractivity contribution in [1.29, 1.82) is 0 Å². The van der Waals surface area contributed by atoms with Gasteiger partial charge in [-0.2, -0.15) is 0 Å². The Hall–Kier alpha value is -4.16. The molecule has 1 aromatic heterocycles. The van der Waals surface area contributed by atoms with Crippen LogP contribution in [0.1, 0.15) is 22.6 Å². The first-order valence-corrected chi connectivity index (χ1v) is 11.4. The summed E-state index contributed by atoms with van der Waals surface area (Å²) in [5, 5.41) is 6.55. The van der Waals surface area contributed by atoms with Gasteiger partial charge in [-0.1, -0.05) is 18.2 Å². The number of likely N-dealkylation sites (N-methyl/N-ethyl adjacent to an activating group) is 1. The maximum atomic E-state index is 14.8. The van der Waals surface area contributed by atoms with Gasteiger partial charge in [-0.15, -0.1) is 5.10 Å². The van der Waals surface area contributed by atoms with E-state index < -0.39 is 42.0 Å². The van der Waals surface area contributed by atoms with Gasteiger partial charge in [0.2, 0.25) is 5.82 Å². The molecule has 2 aromatic carbocycles. The lowest BCUT2D eigenvalue weighted by Crippen LogP contribution is -2.49. The quantitative estimate of drug-likeness (QED) is 0.523. The molecule has 37 heavy (non-hydrogen) atoms. The maximum absolute atomic E-state index is 14.8. The molecule has 13 heteroatoms. The Bertz CT molecular complexity index is 1360. The molecule has 3 heterocycles. The van der Waals surface area contributed by atoms with Gasteiger partial charge in [0.15, 0.2) is 0 Å². The van der Waals surface area contributed by atoms with E-state index in [-0.39, 0.29) is 49.1 Å². The van der Waals surface area contributed by atoms with E-state index in [1.165, 1.54) is 35.1 Å². The van der Waals surface area contributed by atoms with Gasteiger partial charge in [-0.25, -0.2) is 27.2 Å². The van der Waals surface area contributed by atoms with Gasteiger partial charge in [0, 0.05) is 37.7 Å². The molecule has 0 saturated carbocycles. The molecule has 2 aliphatic rings. The largest absolute Gasteiger partial charge is 0.489 e. The zero-order chi connectivity index (χ0) is 26.3. The SMILES string of the molecule is CN1C(=O)[C@@H](NC(=O)c2ncn(Cc3ccccc3F)n2)COc2cc(N3CCC(F)(F)C3)c(F)cc21. The molecule has 0 unspecified atom stereocenters. The molecule has 0 bridgehead atoms. The number of rotatable bonds is 5. The summed E-state index contributed by atoms with van der Waals surface area (Å²) < 4.78 is 63.0. The van der Waals surface area contributed by atoms with Gasteiger partial charge in [0.25, 0.3) is 17.7 Å². The predicted octanol–water partition coefficient (Wildman–Crippen LogP) is 2.60. The smallest absolute Gasteiger partial charge is 0.291 e. The van der Waals surface area contributed by atoms with E-state index in [9.17, 15) is 27.2 Å². The standard InChI is InChI=1S/C24H22F4N6O3/c1-32-19-8-16(26)18(33-7-6-24(27,28)12-33)9-20(19)37-11-17(23(32)36)30-22(35)21-29-13-34(31-21)10-14-4-2-3-5-15(14)25/h2-5,8-9,13,17H,6-7,10-12H2,1H3,(H,30,35)/t17-/m0/s1. The number of amides is 2. The fraction of sp³-hybridized carbons (Fsp3) is 0.333. The summed E-state index contributed by atoms with van der Waals surface area (Å²) in [7, 11) is 1.39. The van der Waals surface area contributed by atoms with Crippen LogP contribution in [0.15, 0.2) is 42.7 Å². The van der Waals surface area contributed by atoms with Crippen LogP contribution in [0.2, 0.25) is 0 Å². The average molecular weight is 518 g/mol. The summed E-state index contributed by atoms with van der Waals surface area (Å²) in [5.74, 6) is -5.59. The number of carbonyl (C=O) groups excluding carboxylic acids is 2. The molecular weight excluding hydrogens is 496 g/mol. The summed E-state index contributed by atoms with van der Waals surface area (Å²) in [6, 6.07) is 7.29. The highest BCUT2D eigenvalue weighted by molar-refractivity contribution is 6.02. The number of aromatic nitrogens is 3. The van der Waals surface area contributed by atoms with Crippen LogP contribution in [0.4, 0.5) is 28.9 Å². The van der Waals surface area contributed by atoms with Crippen LogP contribution >= 0.6 is 0 Å². The number of ether oxygens (including phenoxy) is 1. The number of hydrogen-bond donors (Lipinski definition) is 1. The third-order valence-electron chi connectivity index (χ3n) is 6.27. The Morgan fingerprint density at radius 1 is 1.19 bits per heavy atom. The Labute approximate surface area is 208 Å². The molecule has 0 spiro atoms. The molecule has 1 N–H and O–H groups in total. The molecule has 0 radical (unpaired) electrons. The van der Waals surface area contributed by atoms with Crippen LogP contribution in [0.5, 0.6) is 5.75 Å². The highest BCUT2D eigenvalue weighted by Gasteiger charge is 2.40. The lowest BCUT2D eigenvalue weighted by Gasteiger charge is -2.23. The van der Waals surface area contributed by atoms with E-state index in [1.807, 2.05) is 0 Å². The molecule has 194 valence electrons. The lowest BCUT2D eigenvalue weighted by atomic mass is 10.2. The molecule has 5 rings (SSSR count). The van der Waals surface area contributed by atoms with Crippen molar-refractivity contribution in [2.45, 2.75) is 24.9 Å². The van der Waals surface area contributed by atoms with Gasteiger partial charge in [0.1, 0.15) is 36.4 Å². The topological polar surface area (TPSA) is 92.6 Å². The highest BCUT2D eigenvalue weighted by atomic mass is 19.3. The number of alkyl halides is 2. The van der Waals surface area contributed by atoms with E-state index in [1.54, 1.807) is 18.2 Å². The third-order valence-corrected chi connectivity index (χ3v) is 6.27. The van der Waals surface area contributed by atoms with Crippen molar-refractivity contribution in [1.82, 2.24) is 20.1 Å². The van der Waals surface area contributed by atoms with Gasteiger partial charge in [0.05, 0.1) is 24.5 Å². The molecular formula is C24H22F4N6O3. The van der Waals surface area contributed by atoms with Crippen LogP contribution in [-0.2, 0) is 11.3 Å². The molecule has 2 aliphatic heterocycles. The minimum atomic E-state index is -2.92. The highest BCUT2D eigenvalue weighted by Crippen LogP contribution is 2.39. The van der Waals surface area contributed by atoms with Crippen molar-refractivity contribution in [2.75, 3.05) is 36.5 Å². The summed E-state index contributed by atoms with van der Waals surface area (Å²) >= 11 is 0. The molecule has 9 nitrogen and oxygen atoms in total. The fourth-order valence-corrected chi connectivity index (χ4v) is 4.29. The van der Waals surface area contributed by atoms with Crippen molar-refractivity contribution < 1.29 is 31.9 Å². The first-order chi connectivity index (χ1) is 17.6. The number of benzene rings is 2. The third kappa shape index (κ3) is 4.93. The van der Waals surface area contributed by atoms with Crippen LogP contribution in [0.25, 0.3) is 0 Å². The molecule has 1 saturated heterocycles. The molecule has 1 atom stereocenters. The lowest BCUT2D eigenvalue weighted by molar-refractivity contribution is -0.120. The fourth-order valence-electron chi connectivity index (χ4n) is 4.29. The minimum Gasteiger partial charge on any atom is -0.489 e. The van der Waals surface area contributed by atoms with Crippen molar-refractivity contribution in [2.24, 2.45) is 0 Å². The number of nitrogens with zero attached hydrogens (tertiary/aromatic N) is 5. The van der Waals surface area contributed by atoms with Gasteiger partial charge < -0.3 is 19.9 Å². The molecule has 1 fully saturated rings. The van der Waals surface area contributed by atoms with Gasteiger partial charge in [-0.3, -0.25) is 9.59 Å². The number of halogens is 4. The van der Waals surface area contributed by atoms with Crippen molar-refractivity contribution >= 4 is 23.2 Å². The van der Waals surface area contributed by atoms with E-state index in [2.05, 4.69) is 15.4 Å². The van der Waals surface area contributed by atoms with Crippen molar-refractivity contribution in [3.63, 3.8) is 0 Å². The first kappa shape index (κ1) is 24.5. The summed E-state index contributed by atoms with van der Waals surface area (Å²) in [6.07, 6.45) is 0.877. The summed E-state index contributed by atoms with van der Waals surface area (Å²) in [5.41, 5.74) is 0.403. The molecule has 0 aliphatic carbocycles. The monoisotopic (exact) mass is 518 g/mol. The van der Waals surface area contributed by atoms with E-state index in [0.717, 1.165) is 11.0 Å². The van der Waals surface area contributed by atoms with E-state index in [0.29, 0.717) is 5.56 Å². The van der Waals surface area contributed by atoms with Crippen molar-refractivity contribution in [3.8, 4) is 5.75 Å². The first-order valence-electron chi connectivity index (χ1n) is 11.4. The second-order valence-corrected chi connectivity index (χ2v) is 8.89. The van der Waals surface area contributed by atoms with Crippen LogP contribution < -0.4 is 19.9 Å². The van der Waals surface area contributed by atoms with E-state index >= 15 is 0 Å². The minimum absolute atomic E-state index is 0.0211. The number of anilines is 2. The van der Waals surface area contributed by atoms with Crippen LogP contribution in [0, 0.1) is 11.6 Å². The summed E-state index contributed by atoms with van der Waals surface area (Å²) in [6.45, 7) is -0.883. The average Bonchev–Trinajstić information content (AvgIpc) is 3.46. The number of nitrogens with one attached hydrogen (secondary N) is 1. The Balaban J connectivity index is 1.29. The number of carbonyl (C=O) groups is 2. The van der Waals surface area contributed by atoms with Crippen molar-refractivity contribution in [3.05, 3.63) is 65.7 Å². The maximum Gasteiger partial charge on any atom is 0.291 e. The van der Waals surface area contributed by atoms with Gasteiger partial charge in [-0.05, 0) is 6.07 Å². The Kier molecular flexibility index (Phi) is 6.21.